The summed E-state index contributed by atoms with van der Waals surface area (Å²) in [5.74, 6) is 0.123. The number of benzene rings is 1. The molecule has 3 N–H and O–H groups in total. The highest BCUT2D eigenvalue weighted by Crippen LogP contribution is 2.26. The van der Waals surface area contributed by atoms with Gasteiger partial charge in [0.25, 0.3) is 0 Å². The van der Waals surface area contributed by atoms with Crippen LogP contribution in [0, 0.1) is 0 Å². The molecule has 1 saturated carbocycles. The van der Waals surface area contributed by atoms with Gasteiger partial charge in [0.15, 0.2) is 0 Å². The number of thioether (sulfide) groups is 1. The van der Waals surface area contributed by atoms with Gasteiger partial charge >= 0.3 is 0 Å². The van der Waals surface area contributed by atoms with Crippen molar-refractivity contribution in [2.75, 3.05) is 6.26 Å². The Bertz CT molecular complexity index is 450. The van der Waals surface area contributed by atoms with E-state index in [2.05, 4.69) is 11.6 Å². The molecule has 1 aromatic rings. The number of hydrogen-bond donors (Lipinski definition) is 2. The Balaban J connectivity index is 1.89. The van der Waals surface area contributed by atoms with E-state index < -0.39 is 0 Å². The lowest BCUT2D eigenvalue weighted by Gasteiger charge is -2.28. The molecule has 0 heterocycles. The summed E-state index contributed by atoms with van der Waals surface area (Å²) in [6.07, 6.45) is 7.31. The number of carbonyl (C=O) groups is 1. The SMILES string of the molecule is CSC1CCCC(NC(=O)Cc2ccccc2CN)C1. The smallest absolute Gasteiger partial charge is 0.224 e. The van der Waals surface area contributed by atoms with Crippen LogP contribution in [0.1, 0.15) is 36.8 Å². The van der Waals surface area contributed by atoms with Crippen molar-refractivity contribution >= 4 is 17.7 Å². The van der Waals surface area contributed by atoms with Crippen LogP contribution in [0.5, 0.6) is 0 Å². The van der Waals surface area contributed by atoms with Crippen LogP contribution in [-0.2, 0) is 17.8 Å². The fraction of sp³-hybridized carbons (Fsp3) is 0.562. The molecule has 0 aromatic heterocycles. The van der Waals surface area contributed by atoms with Crippen LogP contribution in [0.25, 0.3) is 0 Å². The van der Waals surface area contributed by atoms with Gasteiger partial charge in [-0.2, -0.15) is 11.8 Å². The van der Waals surface area contributed by atoms with Gasteiger partial charge in [0, 0.05) is 17.8 Å². The Labute approximate surface area is 125 Å². The molecule has 20 heavy (non-hydrogen) atoms. The molecule has 1 aliphatic carbocycles. The number of nitrogens with two attached hydrogens (primary N) is 1. The van der Waals surface area contributed by atoms with Crippen molar-refractivity contribution in [3.63, 3.8) is 0 Å². The van der Waals surface area contributed by atoms with E-state index in [1.54, 1.807) is 0 Å². The van der Waals surface area contributed by atoms with Gasteiger partial charge in [-0.15, -0.1) is 0 Å². The molecule has 0 radical (unpaired) electrons. The predicted octanol–water partition coefficient (Wildman–Crippen LogP) is 2.48. The van der Waals surface area contributed by atoms with Gasteiger partial charge in [-0.3, -0.25) is 4.79 Å². The maximum atomic E-state index is 12.2. The topological polar surface area (TPSA) is 55.1 Å². The van der Waals surface area contributed by atoms with Gasteiger partial charge in [0.1, 0.15) is 0 Å². The first-order valence-electron chi connectivity index (χ1n) is 7.32. The molecule has 110 valence electrons. The van der Waals surface area contributed by atoms with Crippen molar-refractivity contribution in [1.29, 1.82) is 0 Å². The average molecular weight is 292 g/mol. The van der Waals surface area contributed by atoms with E-state index in [9.17, 15) is 4.79 Å². The molecule has 3 nitrogen and oxygen atoms in total. The molecular formula is C16H24N2OS. The zero-order valence-electron chi connectivity index (χ0n) is 12.1. The van der Waals surface area contributed by atoms with Gasteiger partial charge < -0.3 is 11.1 Å². The molecule has 0 bridgehead atoms. The fourth-order valence-electron chi connectivity index (χ4n) is 2.87. The molecule has 0 aliphatic heterocycles. The Kier molecular flexibility index (Phi) is 5.92. The normalized spacial score (nSPS) is 22.5. The minimum atomic E-state index is 0.123. The minimum absolute atomic E-state index is 0.123. The van der Waals surface area contributed by atoms with Crippen LogP contribution in [0.3, 0.4) is 0 Å². The Morgan fingerprint density at radius 2 is 2.10 bits per heavy atom. The van der Waals surface area contributed by atoms with Crippen molar-refractivity contribution in [2.45, 2.75) is 49.9 Å². The Morgan fingerprint density at radius 1 is 1.35 bits per heavy atom. The summed E-state index contributed by atoms with van der Waals surface area (Å²) in [4.78, 5) is 12.2. The summed E-state index contributed by atoms with van der Waals surface area (Å²) < 4.78 is 0. The Hall–Kier alpha value is -1.00. The van der Waals surface area contributed by atoms with Crippen LogP contribution in [0.15, 0.2) is 24.3 Å². The molecule has 2 atom stereocenters. The molecule has 1 amide bonds. The number of nitrogens with one attached hydrogen (secondary N) is 1. The number of carbonyl (C=O) groups excluding carboxylic acids is 1. The van der Waals surface area contributed by atoms with E-state index in [1.807, 2.05) is 36.0 Å². The van der Waals surface area contributed by atoms with Crippen LogP contribution in [0.2, 0.25) is 0 Å². The highest BCUT2D eigenvalue weighted by Gasteiger charge is 2.22. The van der Waals surface area contributed by atoms with Gasteiger partial charge in [0.2, 0.25) is 5.91 Å². The van der Waals surface area contributed by atoms with E-state index in [0.717, 1.165) is 24.0 Å². The van der Waals surface area contributed by atoms with Crippen LogP contribution < -0.4 is 11.1 Å². The first kappa shape index (κ1) is 15.4. The third-order valence-corrected chi connectivity index (χ3v) is 5.11. The zero-order valence-corrected chi connectivity index (χ0v) is 12.9. The van der Waals surface area contributed by atoms with Crippen molar-refractivity contribution in [2.24, 2.45) is 5.73 Å². The van der Waals surface area contributed by atoms with E-state index in [-0.39, 0.29) is 5.91 Å². The molecule has 1 fully saturated rings. The third-order valence-electron chi connectivity index (χ3n) is 4.01. The van der Waals surface area contributed by atoms with Gasteiger partial charge in [-0.05, 0) is 36.6 Å². The average Bonchev–Trinajstić information content (AvgIpc) is 2.48. The maximum Gasteiger partial charge on any atom is 0.224 e. The van der Waals surface area contributed by atoms with Gasteiger partial charge in [-0.1, -0.05) is 30.7 Å². The Morgan fingerprint density at radius 3 is 2.80 bits per heavy atom. The van der Waals surface area contributed by atoms with Crippen LogP contribution in [0.4, 0.5) is 0 Å². The van der Waals surface area contributed by atoms with Gasteiger partial charge in [0.05, 0.1) is 6.42 Å². The number of hydrogen-bond acceptors (Lipinski definition) is 3. The maximum absolute atomic E-state index is 12.2. The summed E-state index contributed by atoms with van der Waals surface area (Å²) in [6.45, 7) is 0.488. The summed E-state index contributed by atoms with van der Waals surface area (Å²) in [6, 6.07) is 8.26. The third kappa shape index (κ3) is 4.25. The number of rotatable bonds is 5. The summed E-state index contributed by atoms with van der Waals surface area (Å²) >= 11 is 1.92. The van der Waals surface area contributed by atoms with Crippen LogP contribution >= 0.6 is 11.8 Å². The molecule has 2 rings (SSSR count). The molecular weight excluding hydrogens is 268 g/mol. The van der Waals surface area contributed by atoms with Crippen molar-refractivity contribution in [3.05, 3.63) is 35.4 Å². The van der Waals surface area contributed by atoms with Crippen molar-refractivity contribution < 1.29 is 4.79 Å². The summed E-state index contributed by atoms with van der Waals surface area (Å²) in [7, 11) is 0. The summed E-state index contributed by atoms with van der Waals surface area (Å²) in [5, 5.41) is 3.89. The van der Waals surface area contributed by atoms with Gasteiger partial charge in [-0.25, -0.2) is 0 Å². The lowest BCUT2D eigenvalue weighted by Crippen LogP contribution is -2.39. The first-order valence-corrected chi connectivity index (χ1v) is 8.60. The summed E-state index contributed by atoms with van der Waals surface area (Å²) in [5.41, 5.74) is 7.82. The predicted molar refractivity (Wildman–Crippen MR) is 85.7 cm³/mol. The van der Waals surface area contributed by atoms with E-state index in [1.165, 1.54) is 12.8 Å². The molecule has 0 saturated heterocycles. The molecule has 1 aliphatic rings. The van der Waals surface area contributed by atoms with Crippen LogP contribution in [-0.4, -0.2) is 23.5 Å². The van der Waals surface area contributed by atoms with E-state index in [0.29, 0.717) is 24.3 Å². The molecule has 1 aromatic carbocycles. The lowest BCUT2D eigenvalue weighted by molar-refractivity contribution is -0.121. The second-order valence-electron chi connectivity index (χ2n) is 5.44. The van der Waals surface area contributed by atoms with E-state index in [4.69, 9.17) is 5.73 Å². The molecule has 2 unspecified atom stereocenters. The standard InChI is InChI=1S/C16H24N2OS/c1-20-15-8-4-7-14(10-15)18-16(19)9-12-5-2-3-6-13(12)11-17/h2-3,5-6,14-15H,4,7-11,17H2,1H3,(H,18,19). The second kappa shape index (κ2) is 7.70. The monoisotopic (exact) mass is 292 g/mol. The molecule has 0 spiro atoms. The molecule has 4 heteroatoms. The first-order chi connectivity index (χ1) is 9.72. The van der Waals surface area contributed by atoms with E-state index >= 15 is 0 Å². The lowest BCUT2D eigenvalue weighted by atomic mass is 9.94. The minimum Gasteiger partial charge on any atom is -0.353 e. The highest BCUT2D eigenvalue weighted by molar-refractivity contribution is 7.99. The zero-order chi connectivity index (χ0) is 14.4. The number of amides is 1. The fourth-order valence-corrected chi connectivity index (χ4v) is 3.70. The quantitative estimate of drug-likeness (QED) is 0.876. The van der Waals surface area contributed by atoms with Crippen molar-refractivity contribution in [1.82, 2.24) is 5.32 Å². The highest BCUT2D eigenvalue weighted by atomic mass is 32.2. The second-order valence-corrected chi connectivity index (χ2v) is 6.58. The van der Waals surface area contributed by atoms with Crippen molar-refractivity contribution in [3.8, 4) is 0 Å². The largest absolute Gasteiger partial charge is 0.353 e.